The van der Waals surface area contributed by atoms with Gasteiger partial charge < -0.3 is 0 Å². The van der Waals surface area contributed by atoms with E-state index in [1.54, 1.807) is 6.92 Å². The quantitative estimate of drug-likeness (QED) is 0.245. The molecule has 1 amide bonds. The molecule has 0 bridgehead atoms. The average molecular weight is 167 g/mol. The number of nitrogens with two attached hydrogens (primary N) is 1. The fourth-order valence-electron chi connectivity index (χ4n) is 0.115. The summed E-state index contributed by atoms with van der Waals surface area (Å²) in [6.07, 6.45) is 0. The van der Waals surface area contributed by atoms with Gasteiger partial charge in [0, 0.05) is 0 Å². The summed E-state index contributed by atoms with van der Waals surface area (Å²) >= 11 is 3.01. The molecule has 4 heteroatoms. The van der Waals surface area contributed by atoms with Crippen LogP contribution in [0.4, 0.5) is 0 Å². The Bertz CT molecular complexity index is 73.3. The zero-order valence-corrected chi connectivity index (χ0v) is 5.53. The summed E-state index contributed by atoms with van der Waals surface area (Å²) in [4.78, 5) is 10.0. The predicted molar refractivity (Wildman–Crippen MR) is 30.7 cm³/mol. The van der Waals surface area contributed by atoms with Gasteiger partial charge in [-0.05, 0) is 6.92 Å². The van der Waals surface area contributed by atoms with E-state index in [0.29, 0.717) is 0 Å². The molecule has 0 unspecified atom stereocenters. The van der Waals surface area contributed by atoms with E-state index in [1.807, 2.05) is 5.43 Å². The van der Waals surface area contributed by atoms with Gasteiger partial charge in [0.25, 0.3) is 0 Å². The lowest BCUT2D eigenvalue weighted by Gasteiger charge is -1.96. The molecule has 7 heavy (non-hydrogen) atoms. The van der Waals surface area contributed by atoms with Crippen LogP contribution in [0.5, 0.6) is 0 Å². The van der Waals surface area contributed by atoms with Gasteiger partial charge in [0.1, 0.15) is 0 Å². The van der Waals surface area contributed by atoms with E-state index >= 15 is 0 Å². The number of amides is 1. The van der Waals surface area contributed by atoms with Crippen molar-refractivity contribution in [3.05, 3.63) is 0 Å². The summed E-state index contributed by atoms with van der Waals surface area (Å²) in [6, 6.07) is 0. The standard InChI is InChI=1S/C3H7BrN2O/c1-2(4)3(7)6-5/h2H,5H2,1H3,(H,6,7)/t2-/m0/s1. The molecule has 0 spiro atoms. The van der Waals surface area contributed by atoms with Crippen LogP contribution < -0.4 is 11.3 Å². The third-order valence-corrected chi connectivity index (χ3v) is 0.919. The number of alkyl halides is 1. The maximum Gasteiger partial charge on any atom is 0.247 e. The fourth-order valence-corrected chi connectivity index (χ4v) is 0.247. The zero-order chi connectivity index (χ0) is 5.86. The second kappa shape index (κ2) is 2.98. The van der Waals surface area contributed by atoms with Crippen LogP contribution in [0, 0.1) is 0 Å². The van der Waals surface area contributed by atoms with Crippen molar-refractivity contribution in [3.8, 4) is 0 Å². The minimum Gasteiger partial charge on any atom is -0.293 e. The zero-order valence-electron chi connectivity index (χ0n) is 3.94. The number of rotatable bonds is 1. The number of hydrogen-bond donors (Lipinski definition) is 2. The van der Waals surface area contributed by atoms with Crippen LogP contribution in [-0.4, -0.2) is 10.7 Å². The number of carbonyl (C=O) groups excluding carboxylic acids is 1. The highest BCUT2D eigenvalue weighted by molar-refractivity contribution is 9.10. The highest BCUT2D eigenvalue weighted by atomic mass is 79.9. The monoisotopic (exact) mass is 166 g/mol. The maximum absolute atomic E-state index is 10.2. The van der Waals surface area contributed by atoms with Crippen LogP contribution in [-0.2, 0) is 4.79 Å². The Balaban J connectivity index is 3.35. The summed E-state index contributed by atoms with van der Waals surface area (Å²) in [5, 5.41) is 0. The fraction of sp³-hybridized carbons (Fsp3) is 0.667. The molecule has 0 aromatic rings. The largest absolute Gasteiger partial charge is 0.293 e. The first kappa shape index (κ1) is 6.91. The van der Waals surface area contributed by atoms with Crippen molar-refractivity contribution in [2.75, 3.05) is 0 Å². The van der Waals surface area contributed by atoms with Crippen molar-refractivity contribution in [3.63, 3.8) is 0 Å². The molecule has 0 rings (SSSR count). The van der Waals surface area contributed by atoms with Crippen LogP contribution in [0.3, 0.4) is 0 Å². The van der Waals surface area contributed by atoms with Crippen molar-refractivity contribution >= 4 is 21.8 Å². The van der Waals surface area contributed by atoms with Crippen molar-refractivity contribution in [2.45, 2.75) is 11.8 Å². The van der Waals surface area contributed by atoms with E-state index in [-0.39, 0.29) is 10.7 Å². The van der Waals surface area contributed by atoms with E-state index in [1.165, 1.54) is 0 Å². The second-order valence-corrected chi connectivity index (χ2v) is 2.50. The Morgan fingerprint density at radius 1 is 2.00 bits per heavy atom. The highest BCUT2D eigenvalue weighted by Crippen LogP contribution is 1.93. The van der Waals surface area contributed by atoms with Gasteiger partial charge in [0.05, 0.1) is 4.83 Å². The lowest BCUT2D eigenvalue weighted by Crippen LogP contribution is -2.34. The highest BCUT2D eigenvalue weighted by Gasteiger charge is 2.03. The van der Waals surface area contributed by atoms with Gasteiger partial charge in [-0.1, -0.05) is 15.9 Å². The molecule has 0 aliphatic rings. The smallest absolute Gasteiger partial charge is 0.247 e. The Hall–Kier alpha value is -0.0900. The normalized spacial score (nSPS) is 13.0. The van der Waals surface area contributed by atoms with E-state index in [2.05, 4.69) is 15.9 Å². The van der Waals surface area contributed by atoms with Crippen LogP contribution in [0.2, 0.25) is 0 Å². The number of carbonyl (C=O) groups is 1. The lowest BCUT2D eigenvalue weighted by atomic mass is 10.5. The molecule has 3 N–H and O–H groups in total. The SMILES string of the molecule is C[C@H](Br)C(=O)NN. The summed E-state index contributed by atoms with van der Waals surface area (Å²) in [7, 11) is 0. The van der Waals surface area contributed by atoms with Crippen LogP contribution in [0.1, 0.15) is 6.92 Å². The van der Waals surface area contributed by atoms with Crippen molar-refractivity contribution < 1.29 is 4.79 Å². The molecule has 0 fully saturated rings. The number of hydrazine groups is 1. The van der Waals surface area contributed by atoms with Crippen LogP contribution in [0.25, 0.3) is 0 Å². The van der Waals surface area contributed by atoms with Crippen molar-refractivity contribution in [1.82, 2.24) is 5.43 Å². The molecular formula is C3H7BrN2O. The van der Waals surface area contributed by atoms with Gasteiger partial charge in [-0.25, -0.2) is 5.84 Å². The van der Waals surface area contributed by atoms with E-state index in [0.717, 1.165) is 0 Å². The van der Waals surface area contributed by atoms with Gasteiger partial charge in [-0.2, -0.15) is 0 Å². The Kier molecular flexibility index (Phi) is 2.95. The van der Waals surface area contributed by atoms with E-state index in [4.69, 9.17) is 5.84 Å². The molecule has 0 saturated carbocycles. The van der Waals surface area contributed by atoms with Gasteiger partial charge >= 0.3 is 0 Å². The van der Waals surface area contributed by atoms with Gasteiger partial charge in [-0.15, -0.1) is 0 Å². The summed E-state index contributed by atoms with van der Waals surface area (Å²) in [5.41, 5.74) is 1.98. The molecule has 0 radical (unpaired) electrons. The molecule has 0 heterocycles. The molecule has 0 aromatic heterocycles. The first-order chi connectivity index (χ1) is 3.18. The summed E-state index contributed by atoms with van der Waals surface area (Å²) in [5.74, 6) is 4.54. The second-order valence-electron chi connectivity index (χ2n) is 1.12. The van der Waals surface area contributed by atoms with Gasteiger partial charge in [0.15, 0.2) is 0 Å². The van der Waals surface area contributed by atoms with E-state index < -0.39 is 0 Å². The third kappa shape index (κ3) is 2.59. The maximum atomic E-state index is 10.2. The molecule has 42 valence electrons. The van der Waals surface area contributed by atoms with Crippen LogP contribution >= 0.6 is 15.9 Å². The minimum atomic E-state index is -0.208. The number of hydrogen-bond acceptors (Lipinski definition) is 2. The van der Waals surface area contributed by atoms with Gasteiger partial charge in [0.2, 0.25) is 5.91 Å². The summed E-state index contributed by atoms with van der Waals surface area (Å²) < 4.78 is 0. The minimum absolute atomic E-state index is 0.197. The first-order valence-electron chi connectivity index (χ1n) is 1.83. The third-order valence-electron chi connectivity index (χ3n) is 0.504. The molecule has 3 nitrogen and oxygen atoms in total. The molecular weight excluding hydrogens is 160 g/mol. The predicted octanol–water partition coefficient (Wildman–Crippen LogP) is -0.240. The van der Waals surface area contributed by atoms with Crippen molar-refractivity contribution in [2.24, 2.45) is 5.84 Å². The number of nitrogens with one attached hydrogen (secondary N) is 1. The molecule has 0 aliphatic carbocycles. The Labute approximate surface area is 50.4 Å². The molecule has 0 aromatic carbocycles. The number of halogens is 1. The first-order valence-corrected chi connectivity index (χ1v) is 2.74. The Morgan fingerprint density at radius 2 is 2.43 bits per heavy atom. The lowest BCUT2D eigenvalue weighted by molar-refractivity contribution is -0.120. The topological polar surface area (TPSA) is 55.1 Å². The molecule has 0 aliphatic heterocycles. The molecule has 1 atom stereocenters. The Morgan fingerprint density at radius 3 is 2.43 bits per heavy atom. The van der Waals surface area contributed by atoms with Crippen LogP contribution in [0.15, 0.2) is 0 Å². The molecule has 0 saturated heterocycles. The van der Waals surface area contributed by atoms with Gasteiger partial charge in [-0.3, -0.25) is 10.2 Å². The summed E-state index contributed by atoms with van der Waals surface area (Å²) in [6.45, 7) is 1.70. The van der Waals surface area contributed by atoms with E-state index in [9.17, 15) is 4.79 Å². The van der Waals surface area contributed by atoms with Crippen molar-refractivity contribution in [1.29, 1.82) is 0 Å². The average Bonchev–Trinajstić information content (AvgIpc) is 1.65.